The topological polar surface area (TPSA) is 79.8 Å². The van der Waals surface area contributed by atoms with Crippen molar-refractivity contribution in [2.45, 2.75) is 45.3 Å². The minimum absolute atomic E-state index is 0.268. The molecule has 1 aromatic heterocycles. The quantitative estimate of drug-likeness (QED) is 0.507. The number of carbonyl (C=O) groups is 1. The molecule has 1 aliphatic heterocycles. The van der Waals surface area contributed by atoms with Crippen molar-refractivity contribution in [3.63, 3.8) is 0 Å². The van der Waals surface area contributed by atoms with Crippen LogP contribution in [0.2, 0.25) is 0 Å². The van der Waals surface area contributed by atoms with E-state index in [1.807, 2.05) is 31.2 Å². The number of rotatable bonds is 8. The second-order valence-corrected chi connectivity index (χ2v) is 7.09. The van der Waals surface area contributed by atoms with E-state index in [0.29, 0.717) is 25.7 Å². The molecular weight excluding hydrogens is 360 g/mol. The van der Waals surface area contributed by atoms with E-state index in [4.69, 9.17) is 18.9 Å². The van der Waals surface area contributed by atoms with Gasteiger partial charge in [-0.3, -0.25) is 0 Å². The maximum atomic E-state index is 11.7. The molecule has 0 amide bonds. The van der Waals surface area contributed by atoms with E-state index in [2.05, 4.69) is 9.97 Å². The van der Waals surface area contributed by atoms with Gasteiger partial charge in [0.25, 0.3) is 5.79 Å². The number of fused-ring (bicyclic) bond motifs is 1. The van der Waals surface area contributed by atoms with Crippen LogP contribution in [0.1, 0.15) is 38.9 Å². The lowest BCUT2D eigenvalue weighted by molar-refractivity contribution is -0.272. The Hall–Kier alpha value is -2.25. The molecule has 7 heteroatoms. The molecule has 0 saturated carbocycles. The first-order chi connectivity index (χ1) is 13.6. The summed E-state index contributed by atoms with van der Waals surface area (Å²) in [5.74, 6) is -0.0638. The largest absolute Gasteiger partial charge is 0.477 e. The molecule has 0 radical (unpaired) electrons. The summed E-state index contributed by atoms with van der Waals surface area (Å²) in [7, 11) is 1.33. The number of hydrogen-bond donors (Lipinski definition) is 0. The number of aryl methyl sites for hydroxylation is 1. The monoisotopic (exact) mass is 388 g/mol. The van der Waals surface area contributed by atoms with E-state index in [0.717, 1.165) is 42.4 Å². The molecule has 2 heterocycles. The average Bonchev–Trinajstić information content (AvgIpc) is 2.73. The van der Waals surface area contributed by atoms with Crippen molar-refractivity contribution >= 4 is 16.9 Å². The molecule has 28 heavy (non-hydrogen) atoms. The third-order valence-corrected chi connectivity index (χ3v) is 4.92. The number of nitrogens with zero attached hydrogens (tertiary/aromatic N) is 2. The molecule has 0 unspecified atom stereocenters. The molecule has 0 aliphatic carbocycles. The molecule has 0 spiro atoms. The van der Waals surface area contributed by atoms with E-state index < -0.39 is 11.8 Å². The number of benzene rings is 1. The van der Waals surface area contributed by atoms with Gasteiger partial charge in [0.05, 0.1) is 37.8 Å². The molecule has 152 valence electrons. The average molecular weight is 388 g/mol. The summed E-state index contributed by atoms with van der Waals surface area (Å²) in [6.07, 6.45) is 3.61. The lowest BCUT2D eigenvalue weighted by atomic mass is 10.0. The highest BCUT2D eigenvalue weighted by Gasteiger charge is 2.41. The smallest absolute Gasteiger partial charge is 0.366 e. The molecule has 1 fully saturated rings. The van der Waals surface area contributed by atoms with Crippen LogP contribution < -0.4 is 4.74 Å². The first-order valence-corrected chi connectivity index (χ1v) is 9.80. The highest BCUT2D eigenvalue weighted by Crippen LogP contribution is 2.26. The number of hydrogen-bond acceptors (Lipinski definition) is 7. The zero-order chi connectivity index (χ0) is 20.0. The van der Waals surface area contributed by atoms with E-state index in [1.54, 1.807) is 6.92 Å². The Labute approximate surface area is 165 Å². The lowest BCUT2D eigenvalue weighted by Crippen LogP contribution is -2.48. The van der Waals surface area contributed by atoms with Crippen molar-refractivity contribution < 1.29 is 23.7 Å². The second-order valence-electron chi connectivity index (χ2n) is 7.09. The van der Waals surface area contributed by atoms with E-state index in [9.17, 15) is 4.79 Å². The number of unbranched alkanes of at least 4 members (excludes halogenated alkanes) is 1. The lowest BCUT2D eigenvalue weighted by Gasteiger charge is -2.35. The van der Waals surface area contributed by atoms with Crippen LogP contribution in [0.15, 0.2) is 24.3 Å². The molecule has 1 aliphatic rings. The highest BCUT2D eigenvalue weighted by molar-refractivity contribution is 5.83. The molecule has 2 aromatic rings. The van der Waals surface area contributed by atoms with Crippen LogP contribution in [0.3, 0.4) is 0 Å². The summed E-state index contributed by atoms with van der Waals surface area (Å²) in [6.45, 7) is 5.21. The van der Waals surface area contributed by atoms with Crippen LogP contribution in [-0.4, -0.2) is 48.7 Å². The molecule has 7 nitrogen and oxygen atoms in total. The summed E-state index contributed by atoms with van der Waals surface area (Å²) >= 11 is 0. The normalized spacial score (nSPS) is 22.2. The minimum atomic E-state index is -1.28. The number of methoxy groups -OCH3 is 1. The highest BCUT2D eigenvalue weighted by atomic mass is 16.7. The van der Waals surface area contributed by atoms with Gasteiger partial charge in [-0.1, -0.05) is 19.1 Å². The fourth-order valence-electron chi connectivity index (χ4n) is 3.18. The molecule has 1 saturated heterocycles. The molecule has 3 rings (SSSR count). The molecule has 1 aromatic carbocycles. The van der Waals surface area contributed by atoms with Crippen LogP contribution >= 0.6 is 0 Å². The van der Waals surface area contributed by atoms with Gasteiger partial charge in [0.2, 0.25) is 5.88 Å². The standard InChI is InChI=1S/C21H28N2O5/c1-4-18-22-17-11-6-5-10-16(17)19(23-18)26-12-8-7-9-15-13-27-21(2,28-14-15)20(24)25-3/h5-6,10-11,15H,4,7-9,12-14H2,1-3H3. The van der Waals surface area contributed by atoms with Crippen molar-refractivity contribution in [2.75, 3.05) is 26.9 Å². The number of ether oxygens (including phenoxy) is 4. The Morgan fingerprint density at radius 3 is 2.68 bits per heavy atom. The first kappa shape index (κ1) is 20.5. The zero-order valence-electron chi connectivity index (χ0n) is 16.8. The predicted molar refractivity (Wildman–Crippen MR) is 104 cm³/mol. The van der Waals surface area contributed by atoms with Gasteiger partial charge in [0, 0.05) is 19.3 Å². The van der Waals surface area contributed by atoms with Crippen LogP contribution in [0, 0.1) is 5.92 Å². The molecule has 0 bridgehead atoms. The number of para-hydroxylation sites is 1. The molecular formula is C21H28N2O5. The fourth-order valence-corrected chi connectivity index (χ4v) is 3.18. The zero-order valence-corrected chi connectivity index (χ0v) is 16.8. The van der Waals surface area contributed by atoms with E-state index >= 15 is 0 Å². The van der Waals surface area contributed by atoms with Crippen molar-refractivity contribution in [3.05, 3.63) is 30.1 Å². The number of esters is 1. The van der Waals surface area contributed by atoms with Crippen molar-refractivity contribution in [1.29, 1.82) is 0 Å². The van der Waals surface area contributed by atoms with Gasteiger partial charge in [-0.15, -0.1) is 0 Å². The third kappa shape index (κ3) is 4.77. The summed E-state index contributed by atoms with van der Waals surface area (Å²) in [5, 5.41) is 0.941. The van der Waals surface area contributed by atoms with Crippen LogP contribution in [0.4, 0.5) is 0 Å². The minimum Gasteiger partial charge on any atom is -0.477 e. The van der Waals surface area contributed by atoms with Crippen molar-refractivity contribution in [1.82, 2.24) is 9.97 Å². The predicted octanol–water partition coefficient (Wildman–Crippen LogP) is 3.29. The van der Waals surface area contributed by atoms with Gasteiger partial charge in [0.15, 0.2) is 0 Å². The van der Waals surface area contributed by atoms with Crippen LogP contribution in [-0.2, 0) is 25.4 Å². The maximum Gasteiger partial charge on any atom is 0.366 e. The van der Waals surface area contributed by atoms with E-state index in [-0.39, 0.29) is 5.92 Å². The number of aromatic nitrogens is 2. The summed E-state index contributed by atoms with van der Waals surface area (Å²) in [6, 6.07) is 7.90. The second kappa shape index (κ2) is 9.30. The van der Waals surface area contributed by atoms with Crippen LogP contribution in [0.25, 0.3) is 10.9 Å². The third-order valence-electron chi connectivity index (χ3n) is 4.92. The molecule has 0 atom stereocenters. The SMILES string of the molecule is CCc1nc(OCCCCC2COC(C)(C(=O)OC)OC2)c2ccccc2n1. The van der Waals surface area contributed by atoms with Gasteiger partial charge >= 0.3 is 5.97 Å². The Kier molecular flexibility index (Phi) is 6.80. The van der Waals surface area contributed by atoms with Crippen LogP contribution in [0.5, 0.6) is 5.88 Å². The number of carbonyl (C=O) groups excluding carboxylic acids is 1. The Morgan fingerprint density at radius 1 is 1.21 bits per heavy atom. The van der Waals surface area contributed by atoms with Gasteiger partial charge in [-0.25, -0.2) is 9.78 Å². The van der Waals surface area contributed by atoms with E-state index in [1.165, 1.54) is 7.11 Å². The fraction of sp³-hybridized carbons (Fsp3) is 0.571. The summed E-state index contributed by atoms with van der Waals surface area (Å²) in [4.78, 5) is 20.7. The maximum absolute atomic E-state index is 11.7. The first-order valence-electron chi connectivity index (χ1n) is 9.80. The Morgan fingerprint density at radius 2 is 1.96 bits per heavy atom. The molecule has 0 N–H and O–H groups in total. The van der Waals surface area contributed by atoms with Crippen molar-refractivity contribution in [2.24, 2.45) is 5.92 Å². The van der Waals surface area contributed by atoms with Gasteiger partial charge < -0.3 is 18.9 Å². The van der Waals surface area contributed by atoms with Crippen molar-refractivity contribution in [3.8, 4) is 5.88 Å². The Balaban J connectivity index is 1.44. The summed E-state index contributed by atoms with van der Waals surface area (Å²) < 4.78 is 21.8. The van der Waals surface area contributed by atoms with Gasteiger partial charge in [0.1, 0.15) is 5.82 Å². The Bertz CT molecular complexity index is 802. The van der Waals surface area contributed by atoms with Gasteiger partial charge in [-0.2, -0.15) is 4.98 Å². The summed E-state index contributed by atoms with van der Waals surface area (Å²) in [5.41, 5.74) is 0.912. The van der Waals surface area contributed by atoms with Gasteiger partial charge in [-0.05, 0) is 31.4 Å².